The van der Waals surface area contributed by atoms with Gasteiger partial charge in [-0.15, -0.1) is 11.3 Å². The number of aromatic nitrogens is 4. The maximum Gasteiger partial charge on any atom is 0.268 e. The molecule has 0 spiro atoms. The van der Waals surface area contributed by atoms with E-state index in [4.69, 9.17) is 0 Å². The molecule has 9 nitrogen and oxygen atoms in total. The Morgan fingerprint density at radius 1 is 1.14 bits per heavy atom. The highest BCUT2D eigenvalue weighted by Crippen LogP contribution is 2.29. The quantitative estimate of drug-likeness (QED) is 0.289. The van der Waals surface area contributed by atoms with E-state index in [0.29, 0.717) is 33.4 Å². The molecule has 0 unspecified atom stereocenters. The van der Waals surface area contributed by atoms with Crippen molar-refractivity contribution < 1.29 is 14.7 Å². The van der Waals surface area contributed by atoms with Crippen molar-refractivity contribution in [3.63, 3.8) is 0 Å². The van der Waals surface area contributed by atoms with Crippen LogP contribution in [0.2, 0.25) is 0 Å². The summed E-state index contributed by atoms with van der Waals surface area (Å²) >= 11 is 1.31. The van der Waals surface area contributed by atoms with Crippen LogP contribution in [0.1, 0.15) is 33.9 Å². The van der Waals surface area contributed by atoms with Crippen molar-refractivity contribution in [2.75, 3.05) is 17.3 Å². The summed E-state index contributed by atoms with van der Waals surface area (Å²) in [5, 5.41) is 13.4. The number of aliphatic hydroxyl groups is 1. The number of benzene rings is 2. The highest BCUT2D eigenvalue weighted by atomic mass is 32.1. The number of amides is 2. The first-order valence-electron chi connectivity index (χ1n) is 11.7. The predicted octanol–water partition coefficient (Wildman–Crippen LogP) is 4.79. The molecule has 0 aliphatic carbocycles. The maximum atomic E-state index is 13.1. The summed E-state index contributed by atoms with van der Waals surface area (Å²) in [6.45, 7) is 3.60. The Hall–Kier alpha value is -4.28. The standard InChI is InChI=1S/C27H26N6O3S/c1-27(2,36)16-33-20-10-9-18(32(3)25(35)17-7-5-4-6-8-17)15-19(20)30-26(33)31-24(34)22-12-11-21(37-22)23-28-13-14-29-23/h4-15,36H,16H2,1-3H3,(H,28,29)(H,30,31,34). The number of carbonyl (C=O) groups excluding carboxylic acids is 2. The van der Waals surface area contributed by atoms with E-state index in [1.165, 1.54) is 11.3 Å². The first-order valence-corrected chi connectivity index (χ1v) is 12.5. The minimum absolute atomic E-state index is 0.144. The summed E-state index contributed by atoms with van der Waals surface area (Å²) in [7, 11) is 1.71. The number of hydrogen-bond donors (Lipinski definition) is 3. The van der Waals surface area contributed by atoms with Gasteiger partial charge in [-0.1, -0.05) is 18.2 Å². The van der Waals surface area contributed by atoms with Crippen LogP contribution in [0.25, 0.3) is 21.7 Å². The Labute approximate surface area is 217 Å². The number of nitrogens with zero attached hydrogens (tertiary/aromatic N) is 4. The molecule has 0 fully saturated rings. The molecule has 3 N–H and O–H groups in total. The average molecular weight is 515 g/mol. The molecule has 0 saturated heterocycles. The molecule has 3 aromatic heterocycles. The van der Waals surface area contributed by atoms with Crippen LogP contribution in [0.15, 0.2) is 73.1 Å². The zero-order chi connectivity index (χ0) is 26.2. The van der Waals surface area contributed by atoms with E-state index in [0.717, 1.165) is 10.4 Å². The summed E-state index contributed by atoms with van der Waals surface area (Å²) in [5.74, 6) is 0.547. The summed E-state index contributed by atoms with van der Waals surface area (Å²) in [6.07, 6.45) is 3.39. The lowest BCUT2D eigenvalue weighted by atomic mass is 10.1. The van der Waals surface area contributed by atoms with Crippen LogP contribution >= 0.6 is 11.3 Å². The van der Waals surface area contributed by atoms with Gasteiger partial charge in [-0.3, -0.25) is 14.9 Å². The Bertz CT molecular complexity index is 1560. The van der Waals surface area contributed by atoms with Crippen molar-refractivity contribution in [3.05, 3.63) is 83.5 Å². The molecule has 5 rings (SSSR count). The molecule has 2 amide bonds. The number of imidazole rings is 2. The molecule has 0 aliphatic rings. The van der Waals surface area contributed by atoms with Gasteiger partial charge in [-0.05, 0) is 56.3 Å². The van der Waals surface area contributed by atoms with Crippen LogP contribution in [0.4, 0.5) is 11.6 Å². The molecular weight excluding hydrogens is 488 g/mol. The van der Waals surface area contributed by atoms with Gasteiger partial charge in [0, 0.05) is 30.7 Å². The molecule has 2 aromatic carbocycles. The van der Waals surface area contributed by atoms with Gasteiger partial charge in [0.2, 0.25) is 5.95 Å². The van der Waals surface area contributed by atoms with E-state index in [1.54, 1.807) is 67.0 Å². The summed E-state index contributed by atoms with van der Waals surface area (Å²) in [6, 6.07) is 18.1. The molecule has 10 heteroatoms. The number of H-pyrrole nitrogens is 1. The third kappa shape index (κ3) is 5.16. The van der Waals surface area contributed by atoms with E-state index in [2.05, 4.69) is 20.3 Å². The Kier molecular flexibility index (Phi) is 6.36. The zero-order valence-corrected chi connectivity index (χ0v) is 21.4. The fourth-order valence-corrected chi connectivity index (χ4v) is 4.87. The van der Waals surface area contributed by atoms with Crippen LogP contribution in [-0.2, 0) is 6.54 Å². The van der Waals surface area contributed by atoms with Gasteiger partial charge < -0.3 is 19.6 Å². The molecule has 37 heavy (non-hydrogen) atoms. The van der Waals surface area contributed by atoms with Gasteiger partial charge in [0.25, 0.3) is 11.8 Å². The largest absolute Gasteiger partial charge is 0.389 e. The molecule has 188 valence electrons. The van der Waals surface area contributed by atoms with Crippen LogP contribution in [0.3, 0.4) is 0 Å². The first kappa shape index (κ1) is 24.4. The number of aromatic amines is 1. The second-order valence-electron chi connectivity index (χ2n) is 9.29. The first-order chi connectivity index (χ1) is 17.7. The molecule has 0 bridgehead atoms. The predicted molar refractivity (Wildman–Crippen MR) is 145 cm³/mol. The van der Waals surface area contributed by atoms with E-state index < -0.39 is 5.60 Å². The lowest BCUT2D eigenvalue weighted by molar-refractivity contribution is 0.0630. The van der Waals surface area contributed by atoms with Crippen LogP contribution < -0.4 is 10.2 Å². The molecule has 3 heterocycles. The van der Waals surface area contributed by atoms with Gasteiger partial charge >= 0.3 is 0 Å². The van der Waals surface area contributed by atoms with E-state index in [1.807, 2.05) is 36.4 Å². The summed E-state index contributed by atoms with van der Waals surface area (Å²) < 4.78 is 1.77. The lowest BCUT2D eigenvalue weighted by Crippen LogP contribution is -2.27. The Morgan fingerprint density at radius 2 is 1.92 bits per heavy atom. The second-order valence-corrected chi connectivity index (χ2v) is 10.4. The molecule has 0 radical (unpaired) electrons. The monoisotopic (exact) mass is 514 g/mol. The van der Waals surface area contributed by atoms with Crippen LogP contribution in [0.5, 0.6) is 0 Å². The topological polar surface area (TPSA) is 116 Å². The van der Waals surface area contributed by atoms with Crippen molar-refractivity contribution in [1.29, 1.82) is 0 Å². The van der Waals surface area contributed by atoms with Crippen molar-refractivity contribution in [2.24, 2.45) is 0 Å². The third-order valence-electron chi connectivity index (χ3n) is 5.78. The van der Waals surface area contributed by atoms with Crippen molar-refractivity contribution >= 4 is 45.8 Å². The minimum Gasteiger partial charge on any atom is -0.389 e. The van der Waals surface area contributed by atoms with Gasteiger partial charge in [0.1, 0.15) is 5.82 Å². The Morgan fingerprint density at radius 3 is 2.62 bits per heavy atom. The molecule has 0 saturated carbocycles. The number of fused-ring (bicyclic) bond motifs is 1. The minimum atomic E-state index is -1.05. The van der Waals surface area contributed by atoms with Crippen molar-refractivity contribution in [2.45, 2.75) is 26.0 Å². The highest BCUT2D eigenvalue weighted by molar-refractivity contribution is 7.17. The van der Waals surface area contributed by atoms with Crippen molar-refractivity contribution in [3.8, 4) is 10.7 Å². The molecular formula is C27H26N6O3S. The number of hydrogen-bond acceptors (Lipinski definition) is 6. The van der Waals surface area contributed by atoms with Gasteiger partial charge in [0.05, 0.1) is 32.9 Å². The highest BCUT2D eigenvalue weighted by Gasteiger charge is 2.23. The smallest absolute Gasteiger partial charge is 0.268 e. The van der Waals surface area contributed by atoms with Crippen LogP contribution in [0, 0.1) is 0 Å². The number of anilines is 2. The zero-order valence-electron chi connectivity index (χ0n) is 20.6. The Balaban J connectivity index is 1.46. The second kappa shape index (κ2) is 9.64. The average Bonchev–Trinajstić information content (AvgIpc) is 3.63. The number of thiophene rings is 1. The number of nitrogens with one attached hydrogen (secondary N) is 2. The summed E-state index contributed by atoms with van der Waals surface area (Å²) in [4.78, 5) is 40.9. The van der Waals surface area contributed by atoms with Gasteiger partial charge in [-0.25, -0.2) is 9.97 Å². The lowest BCUT2D eigenvalue weighted by Gasteiger charge is -2.20. The van der Waals surface area contributed by atoms with Gasteiger partial charge in [0.15, 0.2) is 0 Å². The fraction of sp³-hybridized carbons (Fsp3) is 0.185. The van der Waals surface area contributed by atoms with E-state index in [9.17, 15) is 14.7 Å². The fourth-order valence-electron chi connectivity index (χ4n) is 4.01. The van der Waals surface area contributed by atoms with E-state index >= 15 is 0 Å². The molecule has 5 aromatic rings. The maximum absolute atomic E-state index is 13.1. The SMILES string of the molecule is CN(C(=O)c1ccccc1)c1ccc2c(c1)nc(NC(=O)c1ccc(-c3ncc[nH]3)s1)n2CC(C)(C)O. The molecule has 0 aliphatic heterocycles. The molecule has 0 atom stereocenters. The van der Waals surface area contributed by atoms with Crippen LogP contribution in [-0.4, -0.2) is 49.1 Å². The normalized spacial score (nSPS) is 11.6. The van der Waals surface area contributed by atoms with E-state index in [-0.39, 0.29) is 18.4 Å². The number of rotatable bonds is 7. The van der Waals surface area contributed by atoms with Gasteiger partial charge in [-0.2, -0.15) is 0 Å². The number of carbonyl (C=O) groups is 2. The third-order valence-corrected chi connectivity index (χ3v) is 6.87. The van der Waals surface area contributed by atoms with Crippen molar-refractivity contribution in [1.82, 2.24) is 19.5 Å². The summed E-state index contributed by atoms with van der Waals surface area (Å²) in [5.41, 5.74) is 1.50.